The molecule has 0 bridgehead atoms. The number of para-hydroxylation sites is 4. The fourth-order valence-electron chi connectivity index (χ4n) is 11.1. The summed E-state index contributed by atoms with van der Waals surface area (Å²) in [7, 11) is 0. The van der Waals surface area contributed by atoms with E-state index in [1.54, 1.807) is 0 Å². The molecule has 12 aromatic rings. The van der Waals surface area contributed by atoms with E-state index in [0.717, 1.165) is 56.0 Å². The van der Waals surface area contributed by atoms with Crippen LogP contribution >= 0.6 is 0 Å². The standard InChI is InChI=1S/C66H52N4O/c1-42(2)46-30-33-53-56-25-15-26-57-55-35-32-50(40-63(55)70(65(56)57)66-58(27-16-36-67-66)54-34-31-47(43(3)4)38-60(54)59(53)37-46)71-49-22-13-21-48(39-49)68-41-69(62-29-12-11-28-61(62)68)64-51(44-17-7-5-8-18-44)23-14-24-52(64)45-19-9-6-10-20-45/h5-40,42-43H,41H2,1-4H3. The van der Waals surface area contributed by atoms with E-state index < -0.39 is 0 Å². The van der Waals surface area contributed by atoms with Crippen molar-refractivity contribution < 1.29 is 4.74 Å². The Morgan fingerprint density at radius 1 is 0.423 bits per heavy atom. The summed E-state index contributed by atoms with van der Waals surface area (Å²) in [5.74, 6) is 2.28. The zero-order valence-electron chi connectivity index (χ0n) is 40.3. The van der Waals surface area contributed by atoms with Crippen molar-refractivity contribution in [3.05, 3.63) is 230 Å². The lowest BCUT2D eigenvalue weighted by Crippen LogP contribution is -2.24. The highest BCUT2D eigenvalue weighted by atomic mass is 16.5. The van der Waals surface area contributed by atoms with E-state index >= 15 is 0 Å². The molecule has 1 aliphatic heterocycles. The summed E-state index contributed by atoms with van der Waals surface area (Å²) in [5.41, 5.74) is 15.0. The Morgan fingerprint density at radius 3 is 1.63 bits per heavy atom. The molecule has 13 rings (SSSR count). The van der Waals surface area contributed by atoms with Gasteiger partial charge in [0.05, 0.1) is 28.1 Å². The number of hydrogen-bond donors (Lipinski definition) is 0. The Hall–Kier alpha value is -8.67. The molecule has 9 aromatic carbocycles. The van der Waals surface area contributed by atoms with Crippen molar-refractivity contribution >= 4 is 82.5 Å². The lowest BCUT2D eigenvalue weighted by Gasteiger charge is -2.27. The van der Waals surface area contributed by atoms with Gasteiger partial charge in [-0.25, -0.2) is 4.98 Å². The van der Waals surface area contributed by atoms with Crippen LogP contribution in [0.25, 0.3) is 82.0 Å². The number of hydrogen-bond acceptors (Lipinski definition) is 4. The van der Waals surface area contributed by atoms with E-state index in [9.17, 15) is 0 Å². The van der Waals surface area contributed by atoms with E-state index in [1.807, 2.05) is 6.20 Å². The Bertz CT molecular complexity index is 4020. The molecule has 0 saturated carbocycles. The van der Waals surface area contributed by atoms with Gasteiger partial charge in [0.2, 0.25) is 0 Å². The van der Waals surface area contributed by atoms with Crippen molar-refractivity contribution in [2.75, 3.05) is 16.5 Å². The summed E-state index contributed by atoms with van der Waals surface area (Å²) >= 11 is 0. The lowest BCUT2D eigenvalue weighted by molar-refractivity contribution is 0.483. The maximum absolute atomic E-state index is 6.96. The quantitative estimate of drug-likeness (QED) is 0.152. The molecule has 0 unspecified atom stereocenters. The highest BCUT2D eigenvalue weighted by Gasteiger charge is 2.31. The first-order chi connectivity index (χ1) is 34.9. The van der Waals surface area contributed by atoms with Crippen LogP contribution in [0.3, 0.4) is 0 Å². The molecule has 342 valence electrons. The Kier molecular flexibility index (Phi) is 10.2. The summed E-state index contributed by atoms with van der Waals surface area (Å²) in [6.07, 6.45) is 1.93. The summed E-state index contributed by atoms with van der Waals surface area (Å²) < 4.78 is 9.35. The summed E-state index contributed by atoms with van der Waals surface area (Å²) in [4.78, 5) is 10.1. The molecule has 3 aromatic heterocycles. The SMILES string of the molecule is CC(C)c1ccc2c(c1)c1cc(C(C)C)ccc1c1cccc3c4ccc(Oc5cccc(N6CN(c7c(-c8ccccc8)cccc7-c7ccccc7)c7ccccc76)c5)cc4n(c4ncccc24)c13. The molecular weight excluding hydrogens is 865 g/mol. The number of anilines is 4. The molecule has 0 amide bonds. The monoisotopic (exact) mass is 916 g/mol. The fourth-order valence-corrected chi connectivity index (χ4v) is 11.1. The second-order valence-electron chi connectivity index (χ2n) is 19.5. The van der Waals surface area contributed by atoms with E-state index in [4.69, 9.17) is 9.72 Å². The molecule has 0 fully saturated rings. The molecule has 0 N–H and O–H groups in total. The van der Waals surface area contributed by atoms with Gasteiger partial charge >= 0.3 is 0 Å². The molecule has 1 aliphatic rings. The van der Waals surface area contributed by atoms with Crippen molar-refractivity contribution in [3.63, 3.8) is 0 Å². The van der Waals surface area contributed by atoms with Crippen molar-refractivity contribution in [1.82, 2.24) is 9.38 Å². The Balaban J connectivity index is 0.959. The fraction of sp³-hybridized carbons (Fsp3) is 0.106. The lowest BCUT2D eigenvalue weighted by atomic mass is 9.93. The largest absolute Gasteiger partial charge is 0.457 e. The number of benzene rings is 9. The third-order valence-electron chi connectivity index (χ3n) is 14.6. The minimum absolute atomic E-state index is 0.384. The van der Waals surface area contributed by atoms with Crippen LogP contribution in [0, 0.1) is 0 Å². The van der Waals surface area contributed by atoms with E-state index in [0.29, 0.717) is 18.5 Å². The highest BCUT2D eigenvalue weighted by Crippen LogP contribution is 2.50. The van der Waals surface area contributed by atoms with Gasteiger partial charge < -0.3 is 14.5 Å². The van der Waals surface area contributed by atoms with Crippen molar-refractivity contribution in [2.24, 2.45) is 0 Å². The molecule has 0 aliphatic carbocycles. The zero-order chi connectivity index (χ0) is 47.7. The molecule has 5 nitrogen and oxygen atoms in total. The Morgan fingerprint density at radius 2 is 0.972 bits per heavy atom. The van der Waals surface area contributed by atoms with Gasteiger partial charge in [-0.3, -0.25) is 4.40 Å². The second-order valence-corrected chi connectivity index (χ2v) is 19.5. The van der Waals surface area contributed by atoms with E-state index in [1.165, 1.54) is 71.4 Å². The van der Waals surface area contributed by atoms with Crippen LogP contribution in [0.4, 0.5) is 22.7 Å². The normalized spacial score (nSPS) is 12.6. The van der Waals surface area contributed by atoms with Gasteiger partial charge in [0.25, 0.3) is 0 Å². The zero-order valence-corrected chi connectivity index (χ0v) is 40.3. The number of ether oxygens (including phenoxy) is 1. The molecule has 5 heteroatoms. The summed E-state index contributed by atoms with van der Waals surface area (Å²) in [5, 5.41) is 9.48. The van der Waals surface area contributed by atoms with E-state index in [2.05, 4.69) is 254 Å². The molecule has 0 saturated heterocycles. The first-order valence-electron chi connectivity index (χ1n) is 24.9. The van der Waals surface area contributed by atoms with Crippen LogP contribution in [0.15, 0.2) is 219 Å². The van der Waals surface area contributed by atoms with Crippen LogP contribution in [0.5, 0.6) is 11.5 Å². The van der Waals surface area contributed by atoms with Crippen LogP contribution < -0.4 is 14.5 Å². The van der Waals surface area contributed by atoms with Gasteiger partial charge in [0.15, 0.2) is 0 Å². The Labute approximate surface area is 414 Å². The highest BCUT2D eigenvalue weighted by molar-refractivity contribution is 6.25. The van der Waals surface area contributed by atoms with Gasteiger partial charge in [-0.2, -0.15) is 0 Å². The van der Waals surface area contributed by atoms with Gasteiger partial charge in [-0.05, 0) is 104 Å². The second kappa shape index (κ2) is 17.1. The molecular formula is C66H52N4O. The van der Waals surface area contributed by atoms with Crippen LogP contribution in [-0.2, 0) is 0 Å². The van der Waals surface area contributed by atoms with Crippen LogP contribution in [0.2, 0.25) is 0 Å². The van der Waals surface area contributed by atoms with Gasteiger partial charge in [-0.15, -0.1) is 0 Å². The number of fused-ring (bicyclic) bond motifs is 11. The number of pyridine rings is 1. The van der Waals surface area contributed by atoms with Gasteiger partial charge in [0.1, 0.15) is 23.8 Å². The van der Waals surface area contributed by atoms with Gasteiger partial charge in [0, 0.05) is 56.7 Å². The van der Waals surface area contributed by atoms with Crippen molar-refractivity contribution in [1.29, 1.82) is 0 Å². The van der Waals surface area contributed by atoms with Gasteiger partial charge in [-0.1, -0.05) is 179 Å². The van der Waals surface area contributed by atoms with Crippen molar-refractivity contribution in [3.8, 4) is 33.8 Å². The summed E-state index contributed by atoms with van der Waals surface area (Å²) in [6.45, 7) is 9.74. The smallest absolute Gasteiger partial charge is 0.145 e. The van der Waals surface area contributed by atoms with Crippen LogP contribution in [0.1, 0.15) is 50.7 Å². The first kappa shape index (κ1) is 42.4. The number of nitrogens with zero attached hydrogens (tertiary/aromatic N) is 4. The molecule has 0 spiro atoms. The number of aromatic nitrogens is 2. The van der Waals surface area contributed by atoms with Crippen LogP contribution in [-0.4, -0.2) is 16.1 Å². The maximum Gasteiger partial charge on any atom is 0.145 e. The van der Waals surface area contributed by atoms with E-state index in [-0.39, 0.29) is 0 Å². The minimum atomic E-state index is 0.384. The third kappa shape index (κ3) is 7.10. The average molecular weight is 917 g/mol. The minimum Gasteiger partial charge on any atom is -0.457 e. The topological polar surface area (TPSA) is 33.0 Å². The number of rotatable bonds is 8. The summed E-state index contributed by atoms with van der Waals surface area (Å²) in [6, 6.07) is 77.1. The predicted molar refractivity (Wildman–Crippen MR) is 299 cm³/mol. The third-order valence-corrected chi connectivity index (χ3v) is 14.6. The average Bonchev–Trinajstić information content (AvgIpc) is 3.97. The molecule has 0 atom stereocenters. The van der Waals surface area contributed by atoms with Crippen molar-refractivity contribution in [2.45, 2.75) is 39.5 Å². The predicted octanol–water partition coefficient (Wildman–Crippen LogP) is 18.3. The molecule has 71 heavy (non-hydrogen) atoms. The molecule has 4 heterocycles. The molecule has 0 radical (unpaired) electrons. The maximum atomic E-state index is 6.96. The first-order valence-corrected chi connectivity index (χ1v) is 24.9.